The molecule has 3 aliphatic rings. The fourth-order valence-electron chi connectivity index (χ4n) is 6.01. The molecule has 0 aromatic heterocycles. The number of hydrogen-bond acceptors (Lipinski definition) is 6. The molecule has 3 atom stereocenters. The van der Waals surface area contributed by atoms with E-state index in [2.05, 4.69) is 15.1 Å². The lowest BCUT2D eigenvalue weighted by Gasteiger charge is -2.46. The summed E-state index contributed by atoms with van der Waals surface area (Å²) in [6, 6.07) is 5.97. The summed E-state index contributed by atoms with van der Waals surface area (Å²) < 4.78 is 16.6. The van der Waals surface area contributed by atoms with Gasteiger partial charge in [-0.1, -0.05) is 18.9 Å². The Morgan fingerprint density at radius 1 is 1.05 bits per heavy atom. The lowest BCUT2D eigenvalue weighted by Crippen LogP contribution is -2.59. The number of nitrogens with zero attached hydrogens (tertiary/aromatic N) is 2. The van der Waals surface area contributed by atoms with E-state index in [1.54, 1.807) is 14.2 Å². The van der Waals surface area contributed by atoms with E-state index in [9.17, 15) is 9.59 Å². The second-order valence-corrected chi connectivity index (χ2v) is 11.8. The summed E-state index contributed by atoms with van der Waals surface area (Å²) in [6.07, 6.45) is 8.60. The van der Waals surface area contributed by atoms with Gasteiger partial charge in [0.25, 0.3) is 0 Å². The Bertz CT molecular complexity index is 940. The zero-order valence-electron chi connectivity index (χ0n) is 23.3. The molecule has 0 bridgehead atoms. The maximum atomic E-state index is 14.3. The second-order valence-electron chi connectivity index (χ2n) is 11.8. The first-order chi connectivity index (χ1) is 17.7. The van der Waals surface area contributed by atoms with Crippen LogP contribution in [0.15, 0.2) is 18.2 Å². The Morgan fingerprint density at radius 2 is 1.78 bits per heavy atom. The first-order valence-electron chi connectivity index (χ1n) is 13.9. The lowest BCUT2D eigenvalue weighted by molar-refractivity contribution is -0.144. The van der Waals surface area contributed by atoms with Gasteiger partial charge in [0, 0.05) is 43.3 Å². The van der Waals surface area contributed by atoms with Crippen LogP contribution in [0.1, 0.15) is 77.7 Å². The molecular formula is C29H45N3O5. The maximum Gasteiger partial charge on any atom is 0.407 e. The summed E-state index contributed by atoms with van der Waals surface area (Å²) in [5.74, 6) is 2.20. The van der Waals surface area contributed by atoms with E-state index in [1.807, 2.05) is 39.0 Å². The van der Waals surface area contributed by atoms with Crippen molar-refractivity contribution < 1.29 is 23.8 Å². The number of nitrogens with one attached hydrogen (secondary N) is 1. The van der Waals surface area contributed by atoms with E-state index in [1.165, 1.54) is 25.7 Å². The molecule has 8 nitrogen and oxygen atoms in total. The van der Waals surface area contributed by atoms with Gasteiger partial charge < -0.3 is 24.4 Å². The molecular weight excluding hydrogens is 470 g/mol. The molecule has 1 aliphatic heterocycles. The molecule has 1 heterocycles. The summed E-state index contributed by atoms with van der Waals surface area (Å²) in [7, 11) is 3.29. The third-order valence-electron chi connectivity index (χ3n) is 7.91. The summed E-state index contributed by atoms with van der Waals surface area (Å²) in [5.41, 5.74) is 0.401. The van der Waals surface area contributed by atoms with Gasteiger partial charge in [-0.25, -0.2) is 4.79 Å². The first-order valence-corrected chi connectivity index (χ1v) is 13.9. The maximum absolute atomic E-state index is 14.3. The van der Waals surface area contributed by atoms with Crippen molar-refractivity contribution in [3.8, 4) is 11.5 Å². The molecule has 1 N–H and O–H groups in total. The number of ether oxygens (including phenoxy) is 3. The Balaban J connectivity index is 1.59. The second kappa shape index (κ2) is 11.9. The number of alkyl carbamates (subject to hydrolysis) is 1. The van der Waals surface area contributed by atoms with Gasteiger partial charge in [0.15, 0.2) is 0 Å². The lowest BCUT2D eigenvalue weighted by atomic mass is 9.78. The van der Waals surface area contributed by atoms with Crippen molar-refractivity contribution in [1.29, 1.82) is 0 Å². The highest BCUT2D eigenvalue weighted by molar-refractivity contribution is 5.83. The van der Waals surface area contributed by atoms with E-state index < -0.39 is 17.7 Å². The average molecular weight is 516 g/mol. The van der Waals surface area contributed by atoms with Gasteiger partial charge in [-0.15, -0.1) is 0 Å². The smallest absolute Gasteiger partial charge is 0.407 e. The highest BCUT2D eigenvalue weighted by atomic mass is 16.6. The molecule has 1 saturated heterocycles. The molecule has 2 amide bonds. The Kier molecular flexibility index (Phi) is 8.88. The highest BCUT2D eigenvalue weighted by Crippen LogP contribution is 2.38. The predicted octanol–water partition coefficient (Wildman–Crippen LogP) is 4.74. The number of methoxy groups -OCH3 is 2. The van der Waals surface area contributed by atoms with E-state index >= 15 is 0 Å². The van der Waals surface area contributed by atoms with Crippen molar-refractivity contribution in [3.05, 3.63) is 23.8 Å². The largest absolute Gasteiger partial charge is 0.497 e. The minimum absolute atomic E-state index is 0.132. The third-order valence-corrected chi connectivity index (χ3v) is 7.91. The standard InChI is InChI=1S/C29H45N3O5/c1-29(2,3)37-28(34)30-18-25(27(33)31-16-8-10-20-9-6-7-11-24(20)31)32(22-13-14-22)19-21-12-15-23(35-4)17-26(21)36-5/h12,15,17,20,22,24-25H,6-11,13-14,16,18-19H2,1-5H3,(H,30,34)/t20-,24+,25-/m1/s1. The van der Waals surface area contributed by atoms with Crippen molar-refractivity contribution in [1.82, 2.24) is 15.1 Å². The van der Waals surface area contributed by atoms with Gasteiger partial charge >= 0.3 is 6.09 Å². The fraction of sp³-hybridized carbons (Fsp3) is 0.724. The Labute approximate surface area is 222 Å². The van der Waals surface area contributed by atoms with Gasteiger partial charge in [-0.05, 0) is 71.3 Å². The number of hydrogen-bond donors (Lipinski definition) is 1. The van der Waals surface area contributed by atoms with Crippen LogP contribution in [-0.4, -0.2) is 72.8 Å². The molecule has 206 valence electrons. The number of rotatable bonds is 9. The van der Waals surface area contributed by atoms with Gasteiger partial charge in [0.2, 0.25) is 5.91 Å². The molecule has 0 radical (unpaired) electrons. The van der Waals surface area contributed by atoms with Gasteiger partial charge in [-0.3, -0.25) is 9.69 Å². The normalized spacial score (nSPS) is 22.7. The monoisotopic (exact) mass is 515 g/mol. The molecule has 2 saturated carbocycles. The first kappa shape index (κ1) is 27.6. The van der Waals surface area contributed by atoms with Crippen molar-refractivity contribution in [3.63, 3.8) is 0 Å². The number of piperidine rings is 1. The minimum atomic E-state index is -0.599. The third kappa shape index (κ3) is 7.09. The minimum Gasteiger partial charge on any atom is -0.497 e. The van der Waals surface area contributed by atoms with Crippen LogP contribution in [0.25, 0.3) is 0 Å². The van der Waals surface area contributed by atoms with Crippen LogP contribution in [0, 0.1) is 5.92 Å². The van der Waals surface area contributed by atoms with Crippen LogP contribution < -0.4 is 14.8 Å². The van der Waals surface area contributed by atoms with Crippen LogP contribution in [0.3, 0.4) is 0 Å². The van der Waals surface area contributed by atoms with Crippen molar-refractivity contribution in [2.24, 2.45) is 5.92 Å². The van der Waals surface area contributed by atoms with Crippen LogP contribution >= 0.6 is 0 Å². The zero-order chi connectivity index (χ0) is 26.6. The van der Waals surface area contributed by atoms with Crippen LogP contribution in [0.2, 0.25) is 0 Å². The van der Waals surface area contributed by atoms with E-state index in [4.69, 9.17) is 14.2 Å². The van der Waals surface area contributed by atoms with E-state index in [-0.39, 0.29) is 12.5 Å². The molecule has 37 heavy (non-hydrogen) atoms. The van der Waals surface area contributed by atoms with Crippen LogP contribution in [0.5, 0.6) is 11.5 Å². The van der Waals surface area contributed by atoms with Crippen LogP contribution in [0.4, 0.5) is 4.79 Å². The van der Waals surface area contributed by atoms with Crippen molar-refractivity contribution in [2.75, 3.05) is 27.3 Å². The molecule has 0 unspecified atom stereocenters. The van der Waals surface area contributed by atoms with Crippen molar-refractivity contribution >= 4 is 12.0 Å². The van der Waals surface area contributed by atoms with Crippen LogP contribution in [-0.2, 0) is 16.1 Å². The summed E-state index contributed by atoms with van der Waals surface area (Å²) in [6.45, 7) is 7.12. The molecule has 3 fully saturated rings. The quantitative estimate of drug-likeness (QED) is 0.512. The number of benzene rings is 1. The predicted molar refractivity (Wildman–Crippen MR) is 143 cm³/mol. The molecule has 8 heteroatoms. The topological polar surface area (TPSA) is 80.3 Å². The number of carbonyl (C=O) groups excluding carboxylic acids is 2. The summed E-state index contributed by atoms with van der Waals surface area (Å²) >= 11 is 0. The molecule has 0 spiro atoms. The SMILES string of the molecule is COc1ccc(CN(C2CC2)[C@H](CNC(=O)OC(C)(C)C)C(=O)N2CCC[C@H]3CCCC[C@@H]32)c(OC)c1. The molecule has 1 aromatic carbocycles. The molecule has 1 aromatic rings. The van der Waals surface area contributed by atoms with Gasteiger partial charge in [-0.2, -0.15) is 0 Å². The summed E-state index contributed by atoms with van der Waals surface area (Å²) in [4.78, 5) is 31.3. The van der Waals surface area contributed by atoms with E-state index in [0.717, 1.165) is 49.3 Å². The highest BCUT2D eigenvalue weighted by Gasteiger charge is 2.43. The summed E-state index contributed by atoms with van der Waals surface area (Å²) in [5, 5.41) is 2.93. The number of fused-ring (bicyclic) bond motifs is 1. The van der Waals surface area contributed by atoms with Gasteiger partial charge in [0.1, 0.15) is 23.1 Å². The number of amides is 2. The van der Waals surface area contributed by atoms with Gasteiger partial charge in [0.05, 0.1) is 14.2 Å². The molecule has 2 aliphatic carbocycles. The molecule has 4 rings (SSSR count). The zero-order valence-corrected chi connectivity index (χ0v) is 23.3. The Hall–Kier alpha value is -2.48. The fourth-order valence-corrected chi connectivity index (χ4v) is 6.01. The Morgan fingerprint density at radius 3 is 2.46 bits per heavy atom. The average Bonchev–Trinajstić information content (AvgIpc) is 3.72. The number of likely N-dealkylation sites (tertiary alicyclic amines) is 1. The van der Waals surface area contributed by atoms with Crippen molar-refractivity contribution in [2.45, 2.75) is 102 Å². The van der Waals surface area contributed by atoms with E-state index in [0.29, 0.717) is 24.5 Å². The number of carbonyl (C=O) groups is 2.